The molecule has 15 nitrogen and oxygen atoms in total. The number of nitrogens with zero attached hydrogens (tertiary/aromatic N) is 2. The third kappa shape index (κ3) is 19.2. The van der Waals surface area contributed by atoms with Gasteiger partial charge in [-0.15, -0.1) is 12.4 Å². The fourth-order valence-corrected chi connectivity index (χ4v) is 3.39. The van der Waals surface area contributed by atoms with Crippen molar-refractivity contribution in [3.8, 4) is 0 Å². The Labute approximate surface area is 326 Å². The molecule has 4 unspecified atom stereocenters. The molecule has 4 fully saturated rings. The number of carbonyl (C=O) groups is 6. The largest absolute Gasteiger partial charge is 0.480 e. The fraction of sp³-hybridized carbons (Fsp3) is 0.769. The monoisotopic (exact) mass is 707 g/mol. The van der Waals surface area contributed by atoms with Crippen molar-refractivity contribution in [1.29, 1.82) is 0 Å². The molecule has 262 valence electrons. The maximum absolute atomic E-state index is 10.9. The van der Waals surface area contributed by atoms with Gasteiger partial charge in [0.05, 0.1) is 14.2 Å². The molecule has 4 aliphatic rings. The van der Waals surface area contributed by atoms with E-state index in [1.807, 2.05) is 27.7 Å². The van der Waals surface area contributed by atoms with Crippen molar-refractivity contribution in [3.05, 3.63) is 0 Å². The molecule has 4 rings (SSSR count). The third-order valence-corrected chi connectivity index (χ3v) is 6.17. The molecule has 3 amide bonds. The van der Waals surface area contributed by atoms with Crippen molar-refractivity contribution in [2.45, 2.75) is 91.4 Å². The van der Waals surface area contributed by atoms with Crippen molar-refractivity contribution >= 4 is 48.0 Å². The molecule has 44 heavy (non-hydrogen) atoms. The van der Waals surface area contributed by atoms with Crippen molar-refractivity contribution in [2.24, 2.45) is 0 Å². The van der Waals surface area contributed by atoms with Crippen LogP contribution >= 0.6 is 12.4 Å². The molecule has 0 aromatic heterocycles. The van der Waals surface area contributed by atoms with E-state index < -0.39 is 17.9 Å². The molecule has 0 aromatic carbocycles. The fourth-order valence-electron chi connectivity index (χ4n) is 3.39. The number of amides is 3. The number of ether oxygens (including phenoxy) is 2. The van der Waals surface area contributed by atoms with Gasteiger partial charge >= 0.3 is 17.9 Å². The number of nitrogens with one attached hydrogen (secondary N) is 3. The van der Waals surface area contributed by atoms with Gasteiger partial charge in [0.1, 0.15) is 24.2 Å². The number of methoxy groups -OCH3 is 2. The number of likely N-dealkylation sites (tertiary alicyclic amines) is 2. The zero-order valence-corrected chi connectivity index (χ0v) is 28.9. The molecule has 4 aliphatic heterocycles. The van der Waals surface area contributed by atoms with Crippen LogP contribution in [-0.2, 0) is 38.2 Å². The topological polar surface area (TPSA) is 204 Å². The van der Waals surface area contributed by atoms with E-state index in [-0.39, 0.29) is 130 Å². The Morgan fingerprint density at radius 2 is 1.07 bits per heavy atom. The van der Waals surface area contributed by atoms with Crippen LogP contribution in [0.2, 0.25) is 0 Å². The summed E-state index contributed by atoms with van der Waals surface area (Å²) >= 11 is 0. The Morgan fingerprint density at radius 3 is 1.23 bits per heavy atom. The third-order valence-electron chi connectivity index (χ3n) is 6.17. The zero-order valence-electron chi connectivity index (χ0n) is 26.6. The summed E-state index contributed by atoms with van der Waals surface area (Å²) in [6, 6.07) is -1.05. The van der Waals surface area contributed by atoms with Crippen LogP contribution in [0.1, 0.15) is 67.2 Å². The molecule has 0 bridgehead atoms. The van der Waals surface area contributed by atoms with Gasteiger partial charge in [-0.05, 0) is 38.8 Å². The van der Waals surface area contributed by atoms with Crippen molar-refractivity contribution in [1.82, 2.24) is 25.9 Å². The molecule has 0 aliphatic carbocycles. The van der Waals surface area contributed by atoms with Crippen LogP contribution in [0.5, 0.6) is 0 Å². The second kappa shape index (κ2) is 31.1. The molecule has 4 saturated heterocycles. The zero-order chi connectivity index (χ0) is 32.1. The maximum Gasteiger partial charge on any atom is 0.328 e. The van der Waals surface area contributed by atoms with Gasteiger partial charge in [0.2, 0.25) is 11.8 Å². The van der Waals surface area contributed by atoms with Gasteiger partial charge < -0.3 is 35.0 Å². The van der Waals surface area contributed by atoms with Crippen LogP contribution in [-0.4, -0.2) is 120 Å². The van der Waals surface area contributed by atoms with Gasteiger partial charge in [-0.1, -0.05) is 27.7 Å². The number of aliphatic carboxylic acids is 1. The molecule has 4 heterocycles. The summed E-state index contributed by atoms with van der Waals surface area (Å²) in [7, 11) is 2.74. The van der Waals surface area contributed by atoms with Gasteiger partial charge in [-0.2, -0.15) is 0 Å². The predicted octanol–water partition coefficient (Wildman–Crippen LogP) is 0.321. The van der Waals surface area contributed by atoms with E-state index in [1.165, 1.54) is 43.3 Å². The smallest absolute Gasteiger partial charge is 0.328 e. The Bertz CT molecular complexity index is 810. The minimum Gasteiger partial charge on any atom is -0.480 e. The van der Waals surface area contributed by atoms with E-state index in [2.05, 4.69) is 20.1 Å². The van der Waals surface area contributed by atoms with Crippen LogP contribution < -0.4 is 16.1 Å². The van der Waals surface area contributed by atoms with Gasteiger partial charge in [-0.3, -0.25) is 29.2 Å². The Kier molecular flexibility index (Phi) is 37.5. The molecule has 0 saturated carbocycles. The second-order valence-corrected chi connectivity index (χ2v) is 8.49. The van der Waals surface area contributed by atoms with Gasteiger partial charge in [-0.25, -0.2) is 10.3 Å². The minimum atomic E-state index is -0.730. The Morgan fingerprint density at radius 1 is 0.705 bits per heavy atom. The van der Waals surface area contributed by atoms with E-state index in [4.69, 9.17) is 10.3 Å². The van der Waals surface area contributed by atoms with E-state index >= 15 is 0 Å². The molecule has 0 aromatic rings. The first kappa shape index (κ1) is 53.0. The molecule has 4 atom stereocenters. The van der Waals surface area contributed by atoms with Crippen LogP contribution in [0.3, 0.4) is 0 Å². The Hall–Kier alpha value is -0.491. The normalized spacial score (nSPS) is 20.8. The number of hydrogen-bond acceptors (Lipinski definition) is 11. The average molecular weight is 708 g/mol. The summed E-state index contributed by atoms with van der Waals surface area (Å²) in [6.45, 7) is 13.9. The van der Waals surface area contributed by atoms with Crippen molar-refractivity contribution < 1.29 is 124 Å². The van der Waals surface area contributed by atoms with E-state index in [1.54, 1.807) is 0 Å². The van der Waals surface area contributed by atoms with E-state index in [0.29, 0.717) is 19.5 Å². The summed E-state index contributed by atoms with van der Waals surface area (Å²) < 4.78 is 8.95. The summed E-state index contributed by atoms with van der Waals surface area (Å²) in [5.41, 5.74) is 1.52. The summed E-state index contributed by atoms with van der Waals surface area (Å²) in [6.07, 6.45) is 3.07. The number of carbonyl (C=O) groups excluding carboxylic acids is 5. The summed E-state index contributed by atoms with van der Waals surface area (Å²) in [4.78, 5) is 66.5. The number of hydroxylamine groups is 1. The number of carboxylic acids is 1. The maximum atomic E-state index is 10.9. The number of esters is 2. The second-order valence-electron chi connectivity index (χ2n) is 8.49. The first-order valence-electron chi connectivity index (χ1n) is 13.8. The first-order valence-corrected chi connectivity index (χ1v) is 13.8. The molecule has 18 heteroatoms. The first-order chi connectivity index (χ1) is 19.5. The van der Waals surface area contributed by atoms with E-state index in [9.17, 15) is 28.8 Å². The van der Waals surface area contributed by atoms with Gasteiger partial charge in [0.25, 0.3) is 5.91 Å². The summed E-state index contributed by atoms with van der Waals surface area (Å²) in [5, 5.41) is 22.1. The molecule has 0 spiro atoms. The quantitative estimate of drug-likeness (QED) is 0.152. The van der Waals surface area contributed by atoms with E-state index in [0.717, 1.165) is 32.4 Å². The predicted molar refractivity (Wildman–Crippen MR) is 156 cm³/mol. The van der Waals surface area contributed by atoms with Crippen molar-refractivity contribution in [2.75, 3.05) is 40.4 Å². The number of rotatable bonds is 4. The standard InChI is InChI=1S/C7H11NO3.C6H10N2O3.C5H9NO2.C4H7NO2.2C2H6.2Ar.ClH/c1-5(9)8-4-3-6(8)7(10)11-2;1-4(9)8-3-2-5(8)6(10)7-11;1-8-5(7)4-2-3-6-4;6-4(7)3-1-2-5-3;2*1-2;;;/h6H,3-4H2,1-2H3;5,11H,2-3H2,1H3,(H,7,10);4,6H,2-3H2,1H3;3,5H,1-2H2,(H,6,7);2*1-2H3;;;1H. The number of halogens is 1. The molecular formula is C26H50Ar2ClN5O10. The summed E-state index contributed by atoms with van der Waals surface area (Å²) in [5.74, 6) is -1.89. The molecule has 0 radical (unpaired) electrons. The molecular weight excluding hydrogens is 658 g/mol. The van der Waals surface area contributed by atoms with Gasteiger partial charge in [0, 0.05) is 102 Å². The van der Waals surface area contributed by atoms with Crippen LogP contribution in [0.15, 0.2) is 0 Å². The molecule has 5 N–H and O–H groups in total. The van der Waals surface area contributed by atoms with Crippen LogP contribution in [0.4, 0.5) is 0 Å². The van der Waals surface area contributed by atoms with Crippen LogP contribution in [0.25, 0.3) is 0 Å². The average Bonchev–Trinajstić information content (AvgIpc) is 2.83. The minimum absolute atomic E-state index is 0. The number of carboxylic acid groups (broad SMARTS) is 1. The van der Waals surface area contributed by atoms with Crippen molar-refractivity contribution in [3.63, 3.8) is 0 Å². The van der Waals surface area contributed by atoms with Gasteiger partial charge in [0.15, 0.2) is 0 Å². The van der Waals surface area contributed by atoms with Crippen LogP contribution in [0, 0.1) is 75.5 Å². The SMILES string of the molecule is CC.CC.CC(=O)N1CCC1C(=O)NO.COC(=O)C1CCN1.COC(=O)C1CCN1C(C)=O.Cl.O=C(O)C1CCN1.[Ar].[Ar]. The Balaban J connectivity index is -0.000000146. The number of hydrogen-bond donors (Lipinski definition) is 5.